The Balaban J connectivity index is 2.85. The molecule has 4 nitrogen and oxygen atoms in total. The maximum atomic E-state index is 12.0. The summed E-state index contributed by atoms with van der Waals surface area (Å²) < 4.78 is 29.7. The van der Waals surface area contributed by atoms with Crippen LogP contribution in [0.1, 0.15) is 45.7 Å². The molecular weight excluding hydrogens is 286 g/mol. The number of sulfone groups is 1. The first-order valence-corrected chi connectivity index (χ1v) is 9.40. The van der Waals surface area contributed by atoms with Crippen LogP contribution in [0, 0.1) is 0 Å². The molecular formula is C16H27NO3S. The summed E-state index contributed by atoms with van der Waals surface area (Å²) in [6.45, 7) is 8.56. The molecule has 0 heterocycles. The highest BCUT2D eigenvalue weighted by Gasteiger charge is 2.19. The molecule has 0 aromatic heterocycles. The molecule has 1 atom stereocenters. The highest BCUT2D eigenvalue weighted by atomic mass is 32.2. The van der Waals surface area contributed by atoms with Gasteiger partial charge in [-0.1, -0.05) is 26.0 Å². The van der Waals surface area contributed by atoms with Crippen LogP contribution in [0.3, 0.4) is 0 Å². The summed E-state index contributed by atoms with van der Waals surface area (Å²) in [7, 11) is -3.02. The molecule has 0 saturated heterocycles. The standard InChI is InChI=1S/C16H27NO3S/c1-5-11-21(18,19)12-16(17-6-2)14-7-9-15(10-8-14)20-13(3)4/h7-10,13,16-17H,5-6,11-12H2,1-4H3. The van der Waals surface area contributed by atoms with Gasteiger partial charge in [-0.3, -0.25) is 0 Å². The van der Waals surface area contributed by atoms with Crippen LogP contribution in [-0.2, 0) is 9.84 Å². The van der Waals surface area contributed by atoms with Gasteiger partial charge in [-0.25, -0.2) is 8.42 Å². The van der Waals surface area contributed by atoms with Gasteiger partial charge in [0.05, 0.1) is 11.9 Å². The number of ether oxygens (including phenoxy) is 1. The fourth-order valence-electron chi connectivity index (χ4n) is 2.22. The lowest BCUT2D eigenvalue weighted by molar-refractivity contribution is 0.242. The number of rotatable bonds is 9. The Hall–Kier alpha value is -1.07. The summed E-state index contributed by atoms with van der Waals surface area (Å²) in [4.78, 5) is 0. The Kier molecular flexibility index (Phi) is 7.18. The van der Waals surface area contributed by atoms with E-state index in [1.165, 1.54) is 0 Å². The van der Waals surface area contributed by atoms with E-state index in [1.54, 1.807) is 0 Å². The number of hydrogen-bond acceptors (Lipinski definition) is 4. The van der Waals surface area contributed by atoms with Gasteiger partial charge in [-0.2, -0.15) is 0 Å². The minimum atomic E-state index is -3.02. The molecule has 0 saturated carbocycles. The van der Waals surface area contributed by atoms with Crippen molar-refractivity contribution >= 4 is 9.84 Å². The van der Waals surface area contributed by atoms with Crippen molar-refractivity contribution in [3.63, 3.8) is 0 Å². The quantitative estimate of drug-likeness (QED) is 0.761. The molecule has 1 N–H and O–H groups in total. The molecule has 1 aromatic rings. The molecule has 1 rings (SSSR count). The van der Waals surface area contributed by atoms with Gasteiger partial charge in [0, 0.05) is 11.8 Å². The van der Waals surface area contributed by atoms with Crippen molar-refractivity contribution in [2.45, 2.75) is 46.3 Å². The predicted molar refractivity (Wildman–Crippen MR) is 87.6 cm³/mol. The first-order chi connectivity index (χ1) is 9.88. The topological polar surface area (TPSA) is 55.4 Å². The maximum absolute atomic E-state index is 12.0. The van der Waals surface area contributed by atoms with Gasteiger partial charge in [-0.05, 0) is 44.5 Å². The van der Waals surface area contributed by atoms with E-state index in [4.69, 9.17) is 4.74 Å². The van der Waals surface area contributed by atoms with Crippen molar-refractivity contribution in [1.82, 2.24) is 5.32 Å². The molecule has 0 aliphatic carbocycles. The summed E-state index contributed by atoms with van der Waals surface area (Å²) in [6.07, 6.45) is 0.785. The summed E-state index contributed by atoms with van der Waals surface area (Å²) >= 11 is 0. The molecule has 0 bridgehead atoms. The van der Waals surface area contributed by atoms with Crippen LogP contribution in [-0.4, -0.2) is 32.6 Å². The van der Waals surface area contributed by atoms with E-state index >= 15 is 0 Å². The number of hydrogen-bond donors (Lipinski definition) is 1. The molecule has 1 unspecified atom stereocenters. The Morgan fingerprint density at radius 1 is 1.14 bits per heavy atom. The van der Waals surface area contributed by atoms with Crippen molar-refractivity contribution in [3.05, 3.63) is 29.8 Å². The lowest BCUT2D eigenvalue weighted by Crippen LogP contribution is -2.29. The van der Waals surface area contributed by atoms with E-state index < -0.39 is 9.84 Å². The first-order valence-electron chi connectivity index (χ1n) is 7.58. The molecule has 1 aromatic carbocycles. The predicted octanol–water partition coefficient (Wildman–Crippen LogP) is 2.95. The molecule has 0 radical (unpaired) electrons. The Bertz CT molecular complexity index is 509. The zero-order valence-electron chi connectivity index (χ0n) is 13.4. The highest BCUT2D eigenvalue weighted by molar-refractivity contribution is 7.91. The molecule has 5 heteroatoms. The third-order valence-corrected chi connectivity index (χ3v) is 4.91. The minimum Gasteiger partial charge on any atom is -0.491 e. The molecule has 0 aliphatic heterocycles. The van der Waals surface area contributed by atoms with Crippen LogP contribution in [0.25, 0.3) is 0 Å². The van der Waals surface area contributed by atoms with Crippen LogP contribution in [0.2, 0.25) is 0 Å². The lowest BCUT2D eigenvalue weighted by Gasteiger charge is -2.19. The van der Waals surface area contributed by atoms with E-state index in [2.05, 4.69) is 5.32 Å². The van der Waals surface area contributed by atoms with Crippen LogP contribution in [0.5, 0.6) is 5.75 Å². The van der Waals surface area contributed by atoms with Crippen LogP contribution >= 0.6 is 0 Å². The lowest BCUT2D eigenvalue weighted by atomic mass is 10.1. The number of benzene rings is 1. The minimum absolute atomic E-state index is 0.130. The molecule has 0 amide bonds. The first kappa shape index (κ1) is 18.0. The van der Waals surface area contributed by atoms with Crippen molar-refractivity contribution in [2.75, 3.05) is 18.1 Å². The monoisotopic (exact) mass is 313 g/mol. The second-order valence-corrected chi connectivity index (χ2v) is 7.69. The summed E-state index contributed by atoms with van der Waals surface area (Å²) in [5, 5.41) is 3.25. The SMILES string of the molecule is CCCS(=O)(=O)CC(NCC)c1ccc(OC(C)C)cc1. The van der Waals surface area contributed by atoms with Gasteiger partial charge >= 0.3 is 0 Å². The van der Waals surface area contributed by atoms with E-state index in [0.29, 0.717) is 6.42 Å². The van der Waals surface area contributed by atoms with Gasteiger partial charge in [0.2, 0.25) is 0 Å². The summed E-state index contributed by atoms with van der Waals surface area (Å²) in [6, 6.07) is 7.50. The van der Waals surface area contributed by atoms with Crippen LogP contribution < -0.4 is 10.1 Å². The van der Waals surface area contributed by atoms with Gasteiger partial charge in [0.1, 0.15) is 5.75 Å². The summed E-state index contributed by atoms with van der Waals surface area (Å²) in [5.74, 6) is 1.18. The Labute approximate surface area is 128 Å². The van der Waals surface area contributed by atoms with Crippen molar-refractivity contribution in [2.24, 2.45) is 0 Å². The second-order valence-electron chi connectivity index (χ2n) is 5.46. The van der Waals surface area contributed by atoms with Crippen molar-refractivity contribution < 1.29 is 13.2 Å². The summed E-state index contributed by atoms with van der Waals surface area (Å²) in [5.41, 5.74) is 0.979. The normalized spacial score (nSPS) is 13.4. The molecule has 0 fully saturated rings. The van der Waals surface area contributed by atoms with E-state index in [0.717, 1.165) is 17.9 Å². The van der Waals surface area contributed by atoms with Gasteiger partial charge in [0.25, 0.3) is 0 Å². The zero-order valence-corrected chi connectivity index (χ0v) is 14.2. The Morgan fingerprint density at radius 3 is 2.24 bits per heavy atom. The third kappa shape index (κ3) is 6.48. The third-order valence-electron chi connectivity index (χ3n) is 3.04. The van der Waals surface area contributed by atoms with E-state index in [-0.39, 0.29) is 23.7 Å². The highest BCUT2D eigenvalue weighted by Crippen LogP contribution is 2.20. The molecule has 21 heavy (non-hydrogen) atoms. The van der Waals surface area contributed by atoms with E-state index in [9.17, 15) is 8.42 Å². The van der Waals surface area contributed by atoms with Gasteiger partial charge in [0.15, 0.2) is 9.84 Å². The smallest absolute Gasteiger partial charge is 0.152 e. The largest absolute Gasteiger partial charge is 0.491 e. The molecule has 120 valence electrons. The fourth-order valence-corrected chi connectivity index (χ4v) is 3.83. The zero-order chi connectivity index (χ0) is 15.9. The average Bonchev–Trinajstić information content (AvgIpc) is 2.38. The average molecular weight is 313 g/mol. The number of nitrogens with one attached hydrogen (secondary N) is 1. The molecule has 0 spiro atoms. The second kappa shape index (κ2) is 8.39. The Morgan fingerprint density at radius 2 is 1.76 bits per heavy atom. The van der Waals surface area contributed by atoms with Gasteiger partial charge in [-0.15, -0.1) is 0 Å². The van der Waals surface area contributed by atoms with Crippen molar-refractivity contribution in [1.29, 1.82) is 0 Å². The van der Waals surface area contributed by atoms with Crippen LogP contribution in [0.4, 0.5) is 0 Å². The fraction of sp³-hybridized carbons (Fsp3) is 0.625. The molecule has 0 aliphatic rings. The van der Waals surface area contributed by atoms with Gasteiger partial charge < -0.3 is 10.1 Å². The maximum Gasteiger partial charge on any atom is 0.152 e. The van der Waals surface area contributed by atoms with Crippen LogP contribution in [0.15, 0.2) is 24.3 Å². The van der Waals surface area contributed by atoms with E-state index in [1.807, 2.05) is 52.0 Å². The van der Waals surface area contributed by atoms with Crippen molar-refractivity contribution in [3.8, 4) is 5.75 Å².